The van der Waals surface area contributed by atoms with Gasteiger partial charge in [-0.3, -0.25) is 4.68 Å². The molecule has 21 heavy (non-hydrogen) atoms. The molecule has 0 aliphatic rings. The summed E-state index contributed by atoms with van der Waals surface area (Å²) in [5.41, 5.74) is 3.43. The van der Waals surface area contributed by atoms with E-state index in [-0.39, 0.29) is 5.02 Å². The average Bonchev–Trinajstić information content (AvgIpc) is 2.81. The third kappa shape index (κ3) is 3.11. The average molecular weight is 311 g/mol. The van der Waals surface area contributed by atoms with Crippen LogP contribution in [0.3, 0.4) is 0 Å². The van der Waals surface area contributed by atoms with Crippen molar-refractivity contribution in [3.05, 3.63) is 51.6 Å². The number of hydrogen-bond acceptors (Lipinski definition) is 2. The van der Waals surface area contributed by atoms with Crippen LogP contribution in [0.4, 0.5) is 4.39 Å². The molecule has 0 aliphatic carbocycles. The van der Waals surface area contributed by atoms with Gasteiger partial charge >= 0.3 is 0 Å². The van der Waals surface area contributed by atoms with Crippen LogP contribution in [0, 0.1) is 5.82 Å². The van der Waals surface area contributed by atoms with E-state index in [0.29, 0.717) is 12.1 Å². The summed E-state index contributed by atoms with van der Waals surface area (Å²) in [6, 6.07) is 4.77. The highest BCUT2D eigenvalue weighted by Crippen LogP contribution is 2.26. The normalized spacial score (nSPS) is 12.7. The van der Waals surface area contributed by atoms with Crippen LogP contribution in [0.25, 0.3) is 0 Å². The Kier molecular flexibility index (Phi) is 5.01. The summed E-state index contributed by atoms with van der Waals surface area (Å²) >= 11 is 6.02. The smallest absolute Gasteiger partial charge is 0.142 e. The highest BCUT2D eigenvalue weighted by molar-refractivity contribution is 6.31. The fourth-order valence-electron chi connectivity index (χ4n) is 2.64. The predicted octanol–water partition coefficient (Wildman–Crippen LogP) is 3.90. The van der Waals surface area contributed by atoms with Crippen LogP contribution in [0.1, 0.15) is 49.4 Å². The number of aryl methyl sites for hydroxylation is 1. The van der Waals surface area contributed by atoms with Crippen LogP contribution in [-0.2, 0) is 19.4 Å². The Hall–Kier alpha value is -1.39. The van der Waals surface area contributed by atoms with Gasteiger partial charge in [0.25, 0.3) is 0 Å². The molecule has 0 aliphatic heterocycles. The maximum atomic E-state index is 13.5. The Morgan fingerprint density at radius 3 is 2.62 bits per heavy atom. The summed E-state index contributed by atoms with van der Waals surface area (Å²) in [7, 11) is 0. The maximum Gasteiger partial charge on any atom is 0.142 e. The van der Waals surface area contributed by atoms with Crippen LogP contribution in [0.15, 0.2) is 18.2 Å². The second-order valence-electron chi connectivity index (χ2n) is 5.06. The molecule has 2 aromatic rings. The van der Waals surface area contributed by atoms with Crippen molar-refractivity contribution in [2.75, 3.05) is 0 Å². The van der Waals surface area contributed by atoms with Crippen LogP contribution in [0.2, 0.25) is 5.02 Å². The first-order valence-corrected chi connectivity index (χ1v) is 7.56. The van der Waals surface area contributed by atoms with Crippen molar-refractivity contribution >= 4 is 11.6 Å². The lowest BCUT2D eigenvalue weighted by molar-refractivity contribution is 0.197. The van der Waals surface area contributed by atoms with Crippen molar-refractivity contribution in [1.82, 2.24) is 9.78 Å². The topological polar surface area (TPSA) is 38.0 Å². The Morgan fingerprint density at radius 2 is 2.05 bits per heavy atom. The van der Waals surface area contributed by atoms with Crippen molar-refractivity contribution in [3.63, 3.8) is 0 Å². The molecule has 1 aromatic carbocycles. The fraction of sp³-hybridized carbons (Fsp3) is 0.438. The lowest BCUT2D eigenvalue weighted by atomic mass is 10.0. The summed E-state index contributed by atoms with van der Waals surface area (Å²) in [6.45, 7) is 6.17. The Labute approximate surface area is 129 Å². The zero-order valence-electron chi connectivity index (χ0n) is 12.5. The molecule has 3 nitrogen and oxygen atoms in total. The van der Waals surface area contributed by atoms with E-state index in [0.717, 1.165) is 29.8 Å². The van der Waals surface area contributed by atoms with Crippen molar-refractivity contribution in [2.24, 2.45) is 0 Å². The SMILES string of the molecule is CCc1nn(Cc2cccc(F)c2Cl)c(CC)c1C(C)O. The minimum atomic E-state index is -0.563. The molecule has 0 fully saturated rings. The highest BCUT2D eigenvalue weighted by Gasteiger charge is 2.20. The van der Waals surface area contributed by atoms with Crippen LogP contribution in [-0.4, -0.2) is 14.9 Å². The van der Waals surface area contributed by atoms with E-state index >= 15 is 0 Å². The number of halogens is 2. The first-order chi connectivity index (χ1) is 9.99. The van der Waals surface area contributed by atoms with Gasteiger partial charge in [-0.2, -0.15) is 5.10 Å². The number of rotatable bonds is 5. The van der Waals surface area contributed by atoms with E-state index < -0.39 is 11.9 Å². The van der Waals surface area contributed by atoms with E-state index in [1.54, 1.807) is 19.1 Å². The van der Waals surface area contributed by atoms with Gasteiger partial charge < -0.3 is 5.11 Å². The minimum absolute atomic E-state index is 0.131. The molecule has 1 N–H and O–H groups in total. The Bertz CT molecular complexity index is 637. The second kappa shape index (κ2) is 6.58. The van der Waals surface area contributed by atoms with E-state index in [1.807, 2.05) is 18.5 Å². The van der Waals surface area contributed by atoms with Gasteiger partial charge in [0.15, 0.2) is 0 Å². The standard InChI is InChI=1S/C16H20ClFN2O/c1-4-13-15(10(3)21)14(5-2)20(19-13)9-11-7-6-8-12(18)16(11)17/h6-8,10,21H,4-5,9H2,1-3H3. The van der Waals surface area contributed by atoms with Gasteiger partial charge in [0, 0.05) is 11.3 Å². The zero-order valence-corrected chi connectivity index (χ0v) is 13.3. The number of aliphatic hydroxyl groups excluding tert-OH is 1. The molecule has 114 valence electrons. The fourth-order valence-corrected chi connectivity index (χ4v) is 2.83. The molecule has 0 saturated carbocycles. The molecule has 0 amide bonds. The number of hydrogen-bond donors (Lipinski definition) is 1. The highest BCUT2D eigenvalue weighted by atomic mass is 35.5. The molecular weight excluding hydrogens is 291 g/mol. The zero-order chi connectivity index (χ0) is 15.6. The van der Waals surface area contributed by atoms with Gasteiger partial charge in [-0.15, -0.1) is 0 Å². The maximum absolute atomic E-state index is 13.5. The minimum Gasteiger partial charge on any atom is -0.389 e. The third-order valence-electron chi connectivity index (χ3n) is 3.61. The van der Waals surface area contributed by atoms with Gasteiger partial charge in [-0.05, 0) is 31.4 Å². The van der Waals surface area contributed by atoms with Gasteiger partial charge in [0.2, 0.25) is 0 Å². The van der Waals surface area contributed by atoms with Crippen molar-refractivity contribution in [1.29, 1.82) is 0 Å². The molecule has 0 bridgehead atoms. The Morgan fingerprint density at radius 1 is 1.33 bits per heavy atom. The third-order valence-corrected chi connectivity index (χ3v) is 4.04. The molecule has 2 rings (SSSR count). The van der Waals surface area contributed by atoms with Gasteiger partial charge in [0.05, 0.1) is 23.4 Å². The monoisotopic (exact) mass is 310 g/mol. The number of benzene rings is 1. The molecule has 5 heteroatoms. The van der Waals surface area contributed by atoms with Crippen LogP contribution in [0.5, 0.6) is 0 Å². The lowest BCUT2D eigenvalue weighted by Gasteiger charge is -2.11. The molecule has 1 aromatic heterocycles. The molecule has 0 spiro atoms. The summed E-state index contributed by atoms with van der Waals surface area (Å²) in [4.78, 5) is 0. The van der Waals surface area contributed by atoms with E-state index in [2.05, 4.69) is 5.10 Å². The summed E-state index contributed by atoms with van der Waals surface area (Å²) in [5.74, 6) is -0.425. The summed E-state index contributed by atoms with van der Waals surface area (Å²) < 4.78 is 15.4. The van der Waals surface area contributed by atoms with E-state index in [4.69, 9.17) is 11.6 Å². The van der Waals surface area contributed by atoms with Crippen molar-refractivity contribution < 1.29 is 9.50 Å². The molecule has 0 saturated heterocycles. The van der Waals surface area contributed by atoms with Crippen molar-refractivity contribution in [2.45, 2.75) is 46.3 Å². The lowest BCUT2D eigenvalue weighted by Crippen LogP contribution is -2.08. The first kappa shape index (κ1) is 16.0. The summed E-state index contributed by atoms with van der Waals surface area (Å²) in [5, 5.41) is 14.7. The number of aromatic nitrogens is 2. The number of nitrogens with zero attached hydrogens (tertiary/aromatic N) is 2. The molecule has 1 heterocycles. The summed E-state index contributed by atoms with van der Waals surface area (Å²) in [6.07, 6.45) is 0.934. The predicted molar refractivity (Wildman–Crippen MR) is 82.1 cm³/mol. The van der Waals surface area contributed by atoms with Crippen LogP contribution >= 0.6 is 11.6 Å². The van der Waals surface area contributed by atoms with Crippen LogP contribution < -0.4 is 0 Å². The van der Waals surface area contributed by atoms with Gasteiger partial charge in [-0.1, -0.05) is 37.6 Å². The first-order valence-electron chi connectivity index (χ1n) is 7.18. The second-order valence-corrected chi connectivity index (χ2v) is 5.44. The van der Waals surface area contributed by atoms with Gasteiger partial charge in [-0.25, -0.2) is 4.39 Å². The van der Waals surface area contributed by atoms with Gasteiger partial charge in [0.1, 0.15) is 5.82 Å². The van der Waals surface area contributed by atoms with E-state index in [9.17, 15) is 9.50 Å². The quantitative estimate of drug-likeness (QED) is 0.909. The molecule has 1 unspecified atom stereocenters. The molecule has 1 atom stereocenters. The number of aliphatic hydroxyl groups is 1. The molecular formula is C16H20ClFN2O. The van der Waals surface area contributed by atoms with E-state index in [1.165, 1.54) is 6.07 Å². The molecule has 0 radical (unpaired) electrons. The largest absolute Gasteiger partial charge is 0.389 e. The Balaban J connectivity index is 2.47. The van der Waals surface area contributed by atoms with Crippen molar-refractivity contribution in [3.8, 4) is 0 Å².